The van der Waals surface area contributed by atoms with Gasteiger partial charge in [-0.1, -0.05) is 51.5 Å². The maximum absolute atomic E-state index is 4.66. The van der Waals surface area contributed by atoms with Crippen molar-refractivity contribution in [1.29, 1.82) is 0 Å². The molecule has 153 valence electrons. The third-order valence-electron chi connectivity index (χ3n) is 5.38. The molecule has 2 aromatic heterocycles. The first-order chi connectivity index (χ1) is 13.4. The first-order valence-electron chi connectivity index (χ1n) is 9.77. The van der Waals surface area contributed by atoms with Crippen molar-refractivity contribution in [2.24, 2.45) is 7.05 Å². The normalized spacial score (nSPS) is 11.4. The van der Waals surface area contributed by atoms with Crippen LogP contribution in [0.25, 0.3) is 28.1 Å². The van der Waals surface area contributed by atoms with E-state index in [1.54, 1.807) is 6.33 Å². The van der Waals surface area contributed by atoms with Crippen LogP contribution in [0.4, 0.5) is 0 Å². The van der Waals surface area contributed by atoms with Crippen LogP contribution in [0.1, 0.15) is 56.5 Å². The number of nitrogens with zero attached hydrogens (tertiary/aromatic N) is 5. The van der Waals surface area contributed by atoms with Crippen molar-refractivity contribution in [3.8, 4) is 17.1 Å². The average Bonchev–Trinajstić information content (AvgIpc) is 3.26. The fourth-order valence-electron chi connectivity index (χ4n) is 3.82. The standard InChI is InChI=1S/C23H26N5.Ir/c1-14(2)17-9-7-10-18(15(3)4)21(17)28-23(24-13-25-28)19-11-8-12-20-22(19)27(6)16(5)26-20;/h7-10,12-15H,1-6H3;/q-1;. The van der Waals surface area contributed by atoms with E-state index < -0.39 is 0 Å². The van der Waals surface area contributed by atoms with E-state index in [0.717, 1.165) is 33.9 Å². The molecule has 4 rings (SSSR count). The monoisotopic (exact) mass is 565 g/mol. The molecule has 2 aromatic carbocycles. The van der Waals surface area contributed by atoms with Gasteiger partial charge in [-0.2, -0.15) is 5.10 Å². The summed E-state index contributed by atoms with van der Waals surface area (Å²) < 4.78 is 4.08. The summed E-state index contributed by atoms with van der Waals surface area (Å²) in [7, 11) is 2.03. The van der Waals surface area contributed by atoms with E-state index >= 15 is 0 Å². The molecular formula is C23H26IrN5-. The summed E-state index contributed by atoms with van der Waals surface area (Å²) in [5, 5.41) is 4.65. The molecule has 0 N–H and O–H groups in total. The van der Waals surface area contributed by atoms with Crippen LogP contribution in [0, 0.1) is 13.0 Å². The maximum atomic E-state index is 4.66. The second kappa shape index (κ2) is 8.21. The molecule has 0 aliphatic rings. The summed E-state index contributed by atoms with van der Waals surface area (Å²) in [5.41, 5.74) is 6.57. The Morgan fingerprint density at radius 1 is 1.00 bits per heavy atom. The van der Waals surface area contributed by atoms with Crippen LogP contribution in [-0.2, 0) is 27.2 Å². The molecule has 0 aliphatic heterocycles. The van der Waals surface area contributed by atoms with Crippen molar-refractivity contribution in [1.82, 2.24) is 24.3 Å². The molecule has 0 amide bonds. The molecule has 0 aliphatic carbocycles. The Labute approximate surface area is 185 Å². The van der Waals surface area contributed by atoms with Crippen molar-refractivity contribution in [3.05, 3.63) is 59.7 Å². The molecule has 4 aromatic rings. The van der Waals surface area contributed by atoms with Gasteiger partial charge in [0.25, 0.3) is 0 Å². The Morgan fingerprint density at radius 2 is 1.66 bits per heavy atom. The van der Waals surface area contributed by atoms with Crippen LogP contribution in [0.3, 0.4) is 0 Å². The molecule has 0 unspecified atom stereocenters. The summed E-state index contributed by atoms with van der Waals surface area (Å²) >= 11 is 0. The van der Waals surface area contributed by atoms with Crippen LogP contribution in [0.15, 0.2) is 36.7 Å². The largest absolute Gasteiger partial charge is 0.371 e. The van der Waals surface area contributed by atoms with Gasteiger partial charge in [0.15, 0.2) is 0 Å². The van der Waals surface area contributed by atoms with Gasteiger partial charge in [-0.05, 0) is 35.4 Å². The zero-order valence-corrected chi connectivity index (χ0v) is 20.1. The van der Waals surface area contributed by atoms with Gasteiger partial charge in [0, 0.05) is 32.7 Å². The zero-order valence-electron chi connectivity index (χ0n) is 17.7. The molecule has 29 heavy (non-hydrogen) atoms. The first-order valence-corrected chi connectivity index (χ1v) is 9.77. The number of benzene rings is 2. The van der Waals surface area contributed by atoms with Crippen LogP contribution >= 0.6 is 0 Å². The first kappa shape index (κ1) is 21.4. The van der Waals surface area contributed by atoms with Gasteiger partial charge in [0.2, 0.25) is 0 Å². The molecule has 2 heterocycles. The Bertz CT molecular complexity index is 1130. The summed E-state index contributed by atoms with van der Waals surface area (Å²) in [5.74, 6) is 2.52. The number of aromatic nitrogens is 5. The number of fused-ring (bicyclic) bond motifs is 1. The Kier molecular flexibility index (Phi) is 6.06. The predicted octanol–water partition coefficient (Wildman–Crippen LogP) is 5.17. The van der Waals surface area contributed by atoms with Gasteiger partial charge in [-0.3, -0.25) is 14.6 Å². The fourth-order valence-corrected chi connectivity index (χ4v) is 3.82. The predicted molar refractivity (Wildman–Crippen MR) is 113 cm³/mol. The molecular weight excluding hydrogens is 539 g/mol. The van der Waals surface area contributed by atoms with E-state index in [-0.39, 0.29) is 20.1 Å². The van der Waals surface area contributed by atoms with E-state index in [1.165, 1.54) is 11.1 Å². The van der Waals surface area contributed by atoms with Gasteiger partial charge >= 0.3 is 0 Å². The minimum atomic E-state index is 0. The summed E-state index contributed by atoms with van der Waals surface area (Å²) in [6.07, 6.45) is 1.63. The van der Waals surface area contributed by atoms with E-state index in [1.807, 2.05) is 30.8 Å². The average molecular weight is 565 g/mol. The maximum Gasteiger partial charge on any atom is 0.127 e. The Hall–Kier alpha value is -2.30. The van der Waals surface area contributed by atoms with Crippen molar-refractivity contribution in [2.75, 3.05) is 0 Å². The minimum Gasteiger partial charge on any atom is -0.371 e. The van der Waals surface area contributed by atoms with Crippen molar-refractivity contribution in [3.63, 3.8) is 0 Å². The molecule has 0 atom stereocenters. The third-order valence-corrected chi connectivity index (χ3v) is 5.38. The molecule has 0 saturated heterocycles. The van der Waals surface area contributed by atoms with Crippen LogP contribution < -0.4 is 0 Å². The fraction of sp³-hybridized carbons (Fsp3) is 0.348. The quantitative estimate of drug-likeness (QED) is 0.321. The van der Waals surface area contributed by atoms with E-state index in [2.05, 4.69) is 71.6 Å². The van der Waals surface area contributed by atoms with Gasteiger partial charge in [0.05, 0.1) is 17.3 Å². The number of rotatable bonds is 4. The van der Waals surface area contributed by atoms with E-state index in [4.69, 9.17) is 0 Å². The number of hydrogen-bond donors (Lipinski definition) is 0. The SMILES string of the molecule is Cc1nc2cc[c-]c(-c3ncnn3-c3c(C(C)C)cccc3C(C)C)c2n1C.[Ir]. The molecule has 1 radical (unpaired) electrons. The molecule has 5 nitrogen and oxygen atoms in total. The second-order valence-corrected chi connectivity index (χ2v) is 7.89. The van der Waals surface area contributed by atoms with Gasteiger partial charge < -0.3 is 4.57 Å². The molecule has 0 spiro atoms. The third kappa shape index (κ3) is 3.56. The zero-order chi connectivity index (χ0) is 20.0. The van der Waals surface area contributed by atoms with Gasteiger partial charge in [-0.25, -0.2) is 0 Å². The van der Waals surface area contributed by atoms with Crippen LogP contribution in [-0.4, -0.2) is 24.3 Å². The second-order valence-electron chi connectivity index (χ2n) is 7.89. The molecule has 0 bridgehead atoms. The number of imidazole rings is 1. The Morgan fingerprint density at radius 3 is 2.28 bits per heavy atom. The van der Waals surface area contributed by atoms with E-state index in [0.29, 0.717) is 11.8 Å². The number of para-hydroxylation sites is 1. The van der Waals surface area contributed by atoms with Crippen molar-refractivity contribution >= 4 is 11.0 Å². The summed E-state index contributed by atoms with van der Waals surface area (Å²) in [6.45, 7) is 10.9. The number of aryl methyl sites for hydroxylation is 2. The van der Waals surface area contributed by atoms with Crippen LogP contribution in [0.2, 0.25) is 0 Å². The van der Waals surface area contributed by atoms with Gasteiger partial charge in [-0.15, -0.1) is 18.2 Å². The molecule has 6 heteroatoms. The minimum absolute atomic E-state index is 0. The molecule has 0 saturated carbocycles. The summed E-state index contributed by atoms with van der Waals surface area (Å²) in [4.78, 5) is 9.31. The van der Waals surface area contributed by atoms with Crippen molar-refractivity contribution in [2.45, 2.75) is 46.5 Å². The number of hydrogen-bond acceptors (Lipinski definition) is 3. The van der Waals surface area contributed by atoms with E-state index in [9.17, 15) is 0 Å². The van der Waals surface area contributed by atoms with Crippen molar-refractivity contribution < 1.29 is 20.1 Å². The summed E-state index contributed by atoms with van der Waals surface area (Å²) in [6, 6.07) is 13.8. The smallest absolute Gasteiger partial charge is 0.127 e. The van der Waals surface area contributed by atoms with Gasteiger partial charge in [0.1, 0.15) is 6.33 Å². The Balaban J connectivity index is 0.00000240. The van der Waals surface area contributed by atoms with Crippen LogP contribution in [0.5, 0.6) is 0 Å². The topological polar surface area (TPSA) is 48.5 Å². The molecule has 0 fully saturated rings.